The standard InChI is InChI=1S/C21H28N4O2/c1-23(2)20-18(21(26)25-12-10-24(3)11-13-25)8-9-19(22-20)17-7-5-6-16(14-17)15-27-4/h5-9,14H,10-13,15H2,1-4H3. The van der Waals surface area contributed by atoms with Crippen molar-refractivity contribution in [1.29, 1.82) is 0 Å². The minimum atomic E-state index is 0.0546. The fourth-order valence-electron chi connectivity index (χ4n) is 3.28. The Morgan fingerprint density at radius 1 is 1.15 bits per heavy atom. The van der Waals surface area contributed by atoms with Gasteiger partial charge in [-0.1, -0.05) is 18.2 Å². The SMILES string of the molecule is COCc1cccc(-c2ccc(C(=O)N3CCN(C)CC3)c(N(C)C)n2)c1. The van der Waals surface area contributed by atoms with Crippen LogP contribution in [0.2, 0.25) is 0 Å². The second kappa shape index (κ2) is 8.50. The van der Waals surface area contributed by atoms with Crippen molar-refractivity contribution in [2.45, 2.75) is 6.61 Å². The van der Waals surface area contributed by atoms with Gasteiger partial charge in [0.2, 0.25) is 0 Å². The quantitative estimate of drug-likeness (QED) is 0.811. The molecule has 2 aromatic rings. The lowest BCUT2D eigenvalue weighted by Crippen LogP contribution is -2.47. The molecule has 1 aliphatic rings. The van der Waals surface area contributed by atoms with Crippen LogP contribution in [-0.2, 0) is 11.3 Å². The van der Waals surface area contributed by atoms with E-state index in [-0.39, 0.29) is 5.91 Å². The van der Waals surface area contributed by atoms with Crippen LogP contribution in [0.5, 0.6) is 0 Å². The van der Waals surface area contributed by atoms with E-state index in [9.17, 15) is 4.79 Å². The van der Waals surface area contributed by atoms with Crippen LogP contribution in [0, 0.1) is 0 Å². The first-order chi connectivity index (χ1) is 13.0. The molecule has 1 fully saturated rings. The normalized spacial score (nSPS) is 15.0. The van der Waals surface area contributed by atoms with Gasteiger partial charge in [-0.3, -0.25) is 4.79 Å². The van der Waals surface area contributed by atoms with Crippen LogP contribution in [0.3, 0.4) is 0 Å². The fraction of sp³-hybridized carbons (Fsp3) is 0.429. The van der Waals surface area contributed by atoms with Crippen molar-refractivity contribution >= 4 is 11.7 Å². The van der Waals surface area contributed by atoms with Crippen molar-refractivity contribution in [2.24, 2.45) is 0 Å². The van der Waals surface area contributed by atoms with E-state index in [1.54, 1.807) is 7.11 Å². The van der Waals surface area contributed by atoms with Gasteiger partial charge in [0.25, 0.3) is 5.91 Å². The maximum absolute atomic E-state index is 13.0. The van der Waals surface area contributed by atoms with Gasteiger partial charge in [-0.2, -0.15) is 0 Å². The molecule has 2 heterocycles. The van der Waals surface area contributed by atoms with E-state index in [1.807, 2.05) is 54.2 Å². The summed E-state index contributed by atoms with van der Waals surface area (Å²) in [6, 6.07) is 12.0. The van der Waals surface area contributed by atoms with Crippen molar-refractivity contribution in [2.75, 3.05) is 59.3 Å². The summed E-state index contributed by atoms with van der Waals surface area (Å²) in [5, 5.41) is 0. The number of benzene rings is 1. The number of nitrogens with zero attached hydrogens (tertiary/aromatic N) is 4. The number of amides is 1. The number of hydrogen-bond donors (Lipinski definition) is 0. The summed E-state index contributed by atoms with van der Waals surface area (Å²) in [4.78, 5) is 23.9. The molecule has 6 heteroatoms. The summed E-state index contributed by atoms with van der Waals surface area (Å²) in [5.41, 5.74) is 3.62. The fourth-order valence-corrected chi connectivity index (χ4v) is 3.28. The maximum atomic E-state index is 13.0. The van der Waals surface area contributed by atoms with E-state index >= 15 is 0 Å². The number of ether oxygens (including phenoxy) is 1. The molecule has 0 radical (unpaired) electrons. The van der Waals surface area contributed by atoms with Crippen LogP contribution in [0.25, 0.3) is 11.3 Å². The van der Waals surface area contributed by atoms with E-state index in [0.29, 0.717) is 18.0 Å². The second-order valence-corrected chi connectivity index (χ2v) is 7.19. The summed E-state index contributed by atoms with van der Waals surface area (Å²) in [5.74, 6) is 0.757. The monoisotopic (exact) mass is 368 g/mol. The van der Waals surface area contributed by atoms with Gasteiger partial charge < -0.3 is 19.4 Å². The van der Waals surface area contributed by atoms with E-state index in [4.69, 9.17) is 9.72 Å². The van der Waals surface area contributed by atoms with E-state index in [0.717, 1.165) is 43.0 Å². The largest absolute Gasteiger partial charge is 0.380 e. The number of rotatable bonds is 5. The minimum absolute atomic E-state index is 0.0546. The number of aromatic nitrogens is 1. The molecule has 1 aliphatic heterocycles. The van der Waals surface area contributed by atoms with Gasteiger partial charge in [-0.25, -0.2) is 4.98 Å². The highest BCUT2D eigenvalue weighted by Crippen LogP contribution is 2.25. The van der Waals surface area contributed by atoms with Gasteiger partial charge >= 0.3 is 0 Å². The number of pyridine rings is 1. The molecule has 1 saturated heterocycles. The van der Waals surface area contributed by atoms with Gasteiger partial charge in [0, 0.05) is 52.9 Å². The predicted octanol–water partition coefficient (Wildman–Crippen LogP) is 2.35. The first-order valence-electron chi connectivity index (χ1n) is 9.24. The summed E-state index contributed by atoms with van der Waals surface area (Å²) in [6.07, 6.45) is 0. The first kappa shape index (κ1) is 19.3. The molecule has 0 aliphatic carbocycles. The van der Waals surface area contributed by atoms with Crippen LogP contribution >= 0.6 is 0 Å². The molecule has 0 N–H and O–H groups in total. The third kappa shape index (κ3) is 4.46. The number of anilines is 1. The predicted molar refractivity (Wildman–Crippen MR) is 108 cm³/mol. The molecule has 0 saturated carbocycles. The zero-order chi connectivity index (χ0) is 19.4. The maximum Gasteiger partial charge on any atom is 0.257 e. The molecule has 0 unspecified atom stereocenters. The van der Waals surface area contributed by atoms with Crippen LogP contribution in [-0.4, -0.2) is 75.1 Å². The Morgan fingerprint density at radius 2 is 1.89 bits per heavy atom. The first-order valence-corrected chi connectivity index (χ1v) is 9.24. The molecule has 144 valence electrons. The molecule has 27 heavy (non-hydrogen) atoms. The van der Waals surface area contributed by atoms with Crippen molar-refractivity contribution < 1.29 is 9.53 Å². The van der Waals surface area contributed by atoms with Crippen molar-refractivity contribution in [3.8, 4) is 11.3 Å². The molecule has 0 bridgehead atoms. The van der Waals surface area contributed by atoms with Crippen LogP contribution in [0.15, 0.2) is 36.4 Å². The summed E-state index contributed by atoms with van der Waals surface area (Å²) in [6.45, 7) is 3.88. The van der Waals surface area contributed by atoms with Gasteiger partial charge in [0.15, 0.2) is 0 Å². The average molecular weight is 368 g/mol. The van der Waals surface area contributed by atoms with Crippen molar-refractivity contribution in [3.05, 3.63) is 47.5 Å². The van der Waals surface area contributed by atoms with Gasteiger partial charge in [-0.05, 0) is 30.8 Å². The smallest absolute Gasteiger partial charge is 0.257 e. The van der Waals surface area contributed by atoms with Crippen molar-refractivity contribution in [3.63, 3.8) is 0 Å². The molecule has 0 spiro atoms. The highest BCUT2D eigenvalue weighted by atomic mass is 16.5. The van der Waals surface area contributed by atoms with Crippen LogP contribution < -0.4 is 4.90 Å². The molecule has 0 atom stereocenters. The minimum Gasteiger partial charge on any atom is -0.380 e. The molecule has 6 nitrogen and oxygen atoms in total. The molecule has 1 amide bonds. The highest BCUT2D eigenvalue weighted by molar-refractivity contribution is 5.99. The number of piperazine rings is 1. The highest BCUT2D eigenvalue weighted by Gasteiger charge is 2.24. The lowest BCUT2D eigenvalue weighted by molar-refractivity contribution is 0.0664. The summed E-state index contributed by atoms with van der Waals surface area (Å²) in [7, 11) is 7.62. The van der Waals surface area contributed by atoms with Crippen molar-refractivity contribution in [1.82, 2.24) is 14.8 Å². The Morgan fingerprint density at radius 3 is 2.56 bits per heavy atom. The number of carbonyl (C=O) groups excluding carboxylic acids is 1. The van der Waals surface area contributed by atoms with Crippen LogP contribution in [0.4, 0.5) is 5.82 Å². The lowest BCUT2D eigenvalue weighted by Gasteiger charge is -2.33. The number of carbonyl (C=O) groups is 1. The number of hydrogen-bond acceptors (Lipinski definition) is 5. The van der Waals surface area contributed by atoms with E-state index in [2.05, 4.69) is 18.0 Å². The molecular weight excluding hydrogens is 340 g/mol. The average Bonchev–Trinajstić information content (AvgIpc) is 2.68. The second-order valence-electron chi connectivity index (χ2n) is 7.19. The molecule has 1 aromatic carbocycles. The number of likely N-dealkylation sites (N-methyl/N-ethyl adjacent to an activating group) is 1. The summed E-state index contributed by atoms with van der Waals surface area (Å²) < 4.78 is 5.22. The Kier molecular flexibility index (Phi) is 6.08. The molecule has 3 rings (SSSR count). The van der Waals surface area contributed by atoms with E-state index in [1.165, 1.54) is 0 Å². The summed E-state index contributed by atoms with van der Waals surface area (Å²) >= 11 is 0. The van der Waals surface area contributed by atoms with E-state index < -0.39 is 0 Å². The van der Waals surface area contributed by atoms with Gasteiger partial charge in [0.05, 0.1) is 17.9 Å². The Labute approximate surface area is 161 Å². The number of methoxy groups -OCH3 is 1. The molecule has 1 aromatic heterocycles. The molecular formula is C21H28N4O2. The van der Waals surface area contributed by atoms with Gasteiger partial charge in [0.1, 0.15) is 5.82 Å². The van der Waals surface area contributed by atoms with Gasteiger partial charge in [-0.15, -0.1) is 0 Å². The van der Waals surface area contributed by atoms with Crippen LogP contribution in [0.1, 0.15) is 15.9 Å². The Bertz CT molecular complexity index is 799. The topological polar surface area (TPSA) is 48.9 Å². The zero-order valence-electron chi connectivity index (χ0n) is 16.6. The lowest BCUT2D eigenvalue weighted by atomic mass is 10.1. The third-order valence-corrected chi connectivity index (χ3v) is 4.85. The Balaban J connectivity index is 1.91. The Hall–Kier alpha value is -2.44. The third-order valence-electron chi connectivity index (χ3n) is 4.85. The zero-order valence-corrected chi connectivity index (χ0v) is 16.6.